The van der Waals surface area contributed by atoms with Gasteiger partial charge in [-0.2, -0.15) is 0 Å². The number of carbonyl (C=O) groups is 4. The number of ketones is 2. The quantitative estimate of drug-likeness (QED) is 0.0225. The summed E-state index contributed by atoms with van der Waals surface area (Å²) < 4.78 is 63.5. The number of nitrogens with zero attached hydrogens (tertiary/aromatic N) is 2. The van der Waals surface area contributed by atoms with Crippen LogP contribution in [0.2, 0.25) is 0 Å². The highest BCUT2D eigenvalue weighted by Crippen LogP contribution is 2.45. The van der Waals surface area contributed by atoms with Crippen molar-refractivity contribution in [3.05, 3.63) is 256 Å². The normalized spacial score (nSPS) is 17.4. The van der Waals surface area contributed by atoms with Gasteiger partial charge in [0, 0.05) is 38.1 Å². The third-order valence-corrected chi connectivity index (χ3v) is 16.7. The van der Waals surface area contributed by atoms with Crippen LogP contribution in [0.3, 0.4) is 0 Å². The molecule has 0 amide bonds. The second kappa shape index (κ2) is 30.9. The average Bonchev–Trinajstić information content (AvgIpc) is 0.781. The maximum absolute atomic E-state index is 13.8. The summed E-state index contributed by atoms with van der Waals surface area (Å²) in [5.41, 5.74) is -2.52. The number of hydrogen-bond acceptors (Lipinski definition) is 18. The van der Waals surface area contributed by atoms with Crippen molar-refractivity contribution in [2.75, 3.05) is 41.7 Å². The molecule has 0 aliphatic carbocycles. The summed E-state index contributed by atoms with van der Waals surface area (Å²) in [4.78, 5) is 111. The van der Waals surface area contributed by atoms with Gasteiger partial charge < -0.3 is 47.4 Å². The van der Waals surface area contributed by atoms with Crippen molar-refractivity contribution < 1.29 is 66.5 Å². The van der Waals surface area contributed by atoms with Gasteiger partial charge in [-0.15, -0.1) is 0 Å². The van der Waals surface area contributed by atoms with Crippen molar-refractivity contribution in [2.45, 2.75) is 100 Å². The van der Waals surface area contributed by atoms with E-state index < -0.39 is 95.4 Å². The number of methoxy groups -OCH3 is 4. The fourth-order valence-corrected chi connectivity index (χ4v) is 11.6. The predicted octanol–water partition coefficient (Wildman–Crippen LogP) is 7.98. The van der Waals surface area contributed by atoms with Crippen LogP contribution in [0.15, 0.2) is 189 Å². The van der Waals surface area contributed by atoms with E-state index in [1.165, 1.54) is 0 Å². The maximum Gasteiger partial charge on any atom is 0.330 e. The zero-order valence-electron chi connectivity index (χ0n) is 53.5. The van der Waals surface area contributed by atoms with Gasteiger partial charge in [0.05, 0.1) is 41.7 Å². The summed E-state index contributed by atoms with van der Waals surface area (Å²) in [6.45, 7) is 2.75. The maximum atomic E-state index is 13.8. The number of ether oxygens (including phenoxy) is 10. The van der Waals surface area contributed by atoms with Crippen LogP contribution in [-0.2, 0) is 58.8 Å². The first-order chi connectivity index (χ1) is 46.5. The molecule has 0 bridgehead atoms. The average molecular weight is 1300 g/mol. The van der Waals surface area contributed by atoms with Crippen molar-refractivity contribution in [3.8, 4) is 46.7 Å². The Balaban J connectivity index is 0.935. The summed E-state index contributed by atoms with van der Waals surface area (Å²) in [7, 11) is 6.24. The van der Waals surface area contributed by atoms with Gasteiger partial charge in [0.1, 0.15) is 107 Å². The van der Waals surface area contributed by atoms with E-state index in [1.54, 1.807) is 90.8 Å². The lowest BCUT2D eigenvalue weighted by atomic mass is 9.80. The Bertz CT molecular complexity index is 4070. The Morgan fingerprint density at radius 2 is 0.760 bits per heavy atom. The molecule has 494 valence electrons. The summed E-state index contributed by atoms with van der Waals surface area (Å²) in [5, 5.41) is 0. The van der Waals surface area contributed by atoms with Gasteiger partial charge in [-0.05, 0) is 106 Å². The second-order valence-corrected chi connectivity index (χ2v) is 22.5. The van der Waals surface area contributed by atoms with Crippen molar-refractivity contribution in [1.82, 2.24) is 19.1 Å². The van der Waals surface area contributed by atoms with Crippen LogP contribution in [0.25, 0.3) is 0 Å². The second-order valence-electron chi connectivity index (χ2n) is 22.5. The molecule has 0 radical (unpaired) electrons. The lowest BCUT2D eigenvalue weighted by Crippen LogP contribution is -2.39. The smallest absolute Gasteiger partial charge is 0.330 e. The van der Waals surface area contributed by atoms with E-state index in [0.717, 1.165) is 32.7 Å². The molecule has 6 atom stereocenters. The molecule has 2 aliphatic heterocycles. The number of carbonyl (C=O) groups excluding carboxylic acids is 4. The highest BCUT2D eigenvalue weighted by molar-refractivity contribution is 5.96. The van der Waals surface area contributed by atoms with Crippen molar-refractivity contribution in [3.63, 3.8) is 0 Å². The van der Waals surface area contributed by atoms with Gasteiger partial charge >= 0.3 is 23.3 Å². The minimum Gasteiger partial charge on any atom is -0.497 e. The third kappa shape index (κ3) is 15.2. The molecule has 8 aromatic rings. The highest BCUT2D eigenvalue weighted by atomic mass is 16.6. The molecular formula is C74H70N4O18. The minimum absolute atomic E-state index is 0.0910. The Hall–Kier alpha value is -10.9. The molecule has 2 aromatic heterocycles. The van der Waals surface area contributed by atoms with Gasteiger partial charge in [-0.1, -0.05) is 123 Å². The van der Waals surface area contributed by atoms with Gasteiger partial charge in [-0.3, -0.25) is 47.9 Å². The summed E-state index contributed by atoms with van der Waals surface area (Å²) >= 11 is 0. The Morgan fingerprint density at radius 3 is 1.05 bits per heavy atom. The number of aromatic amines is 2. The monoisotopic (exact) mass is 1300 g/mol. The topological polar surface area (TPSA) is 270 Å². The number of H-pyrrole nitrogens is 2. The zero-order valence-corrected chi connectivity index (χ0v) is 53.5. The molecule has 2 aliphatic rings. The number of Topliss-reactive ketones (excluding diaryl/α,β-unsaturated/α-hetero) is 2. The fraction of sp³-hybridized carbons (Fsp3) is 0.297. The Morgan fingerprint density at radius 1 is 0.458 bits per heavy atom. The first-order valence-electron chi connectivity index (χ1n) is 31.0. The van der Waals surface area contributed by atoms with Gasteiger partial charge in [0.15, 0.2) is 0 Å². The molecule has 0 saturated carbocycles. The SMILES string of the molecule is CCC(=O)CC(=O)O[C@H]1C[C@H](n2cc(C#CC#Cc3cn([C@H]4C[C@H](OC(=O)CC(=O)CC)[C@@H](COC(c5ccccc5)(c5ccc(OC)cc5)c5ccc(OC)cc5)O4)c(=O)[nH]c3=O)c(=O)[nH]c2=O)O[C@@H]1COC(c1ccccc1)(c1ccc(OC)cc1)c1ccc(OC)cc1. The highest BCUT2D eigenvalue weighted by Gasteiger charge is 2.46. The van der Waals surface area contributed by atoms with E-state index in [4.69, 9.17) is 47.4 Å². The third-order valence-electron chi connectivity index (χ3n) is 16.7. The van der Waals surface area contributed by atoms with Crippen LogP contribution >= 0.6 is 0 Å². The molecule has 2 fully saturated rings. The van der Waals surface area contributed by atoms with E-state index in [-0.39, 0.29) is 61.6 Å². The molecule has 10 rings (SSSR count). The standard InChI is InChI=1S/C74H70N4O18/c1-7-55(79)39-67(81)95-61-41-65(93-63(61)45-91-73(49-19-11-9-12-20-49,51-23-31-57(87-3)32-24-51)52-25-33-58(88-4)34-26-52)77-43-47(69(83)75-71(77)85)17-15-16-18-48-44-78(72(86)76-70(48)84)66-42-62(96-68(82)40-56(80)8-2)64(94-66)46-92-74(50-21-13-10-14-22-50,53-27-35-59(89-5)36-28-53)54-29-37-60(90-6)38-30-54/h9-14,19-38,43-44,61-66H,7-8,39-42,45-46H2,1-6H3,(H,75,83,85)(H,76,84,86)/t61-,62-,63+,64+,65+,66+/m0/s1. The predicted molar refractivity (Wildman–Crippen MR) is 350 cm³/mol. The molecule has 6 aromatic carbocycles. The number of nitrogens with one attached hydrogen (secondary N) is 2. The molecule has 96 heavy (non-hydrogen) atoms. The molecule has 22 nitrogen and oxygen atoms in total. The van der Waals surface area contributed by atoms with Crippen molar-refractivity contribution in [2.24, 2.45) is 0 Å². The van der Waals surface area contributed by atoms with Crippen LogP contribution in [-0.4, -0.2) is 109 Å². The van der Waals surface area contributed by atoms with Crippen LogP contribution < -0.4 is 41.4 Å². The number of rotatable bonds is 26. The van der Waals surface area contributed by atoms with Crippen molar-refractivity contribution in [1.29, 1.82) is 0 Å². The first-order valence-corrected chi connectivity index (χ1v) is 31.0. The van der Waals surface area contributed by atoms with Crippen LogP contribution in [0.4, 0.5) is 0 Å². The van der Waals surface area contributed by atoms with E-state index in [9.17, 15) is 38.4 Å². The number of esters is 2. The van der Waals surface area contributed by atoms with Gasteiger partial charge in [-0.25, -0.2) is 9.59 Å². The molecule has 22 heteroatoms. The van der Waals surface area contributed by atoms with E-state index in [1.807, 2.05) is 109 Å². The molecule has 4 heterocycles. The lowest BCUT2D eigenvalue weighted by molar-refractivity contribution is -0.158. The van der Waals surface area contributed by atoms with Crippen molar-refractivity contribution >= 4 is 23.5 Å². The van der Waals surface area contributed by atoms with Gasteiger partial charge in [0.2, 0.25) is 0 Å². The fourth-order valence-electron chi connectivity index (χ4n) is 11.6. The van der Waals surface area contributed by atoms with E-state index in [2.05, 4.69) is 33.6 Å². The molecular weight excluding hydrogens is 1230 g/mol. The molecule has 2 N–H and O–H groups in total. The van der Waals surface area contributed by atoms with Crippen LogP contribution in [0.1, 0.15) is 109 Å². The molecule has 2 saturated heterocycles. The summed E-state index contributed by atoms with van der Waals surface area (Å²) in [6.07, 6.45) is -5.50. The minimum atomic E-state index is -1.34. The van der Waals surface area contributed by atoms with E-state index in [0.29, 0.717) is 45.3 Å². The largest absolute Gasteiger partial charge is 0.497 e. The first kappa shape index (κ1) is 68.0. The van der Waals surface area contributed by atoms with E-state index >= 15 is 0 Å². The number of hydrogen-bond donors (Lipinski definition) is 2. The number of aromatic nitrogens is 4. The van der Waals surface area contributed by atoms with Crippen LogP contribution in [0.5, 0.6) is 23.0 Å². The number of benzene rings is 6. The molecule has 0 spiro atoms. The Kier molecular flexibility index (Phi) is 21.9. The Labute approximate surface area is 551 Å². The van der Waals surface area contributed by atoms with Crippen LogP contribution in [0, 0.1) is 23.7 Å². The summed E-state index contributed by atoms with van der Waals surface area (Å²) in [5.74, 6) is 10.4. The van der Waals surface area contributed by atoms with Gasteiger partial charge in [0.25, 0.3) is 11.1 Å². The zero-order chi connectivity index (χ0) is 67.9. The molecule has 0 unspecified atom stereocenters. The summed E-state index contributed by atoms with van der Waals surface area (Å²) in [6, 6.07) is 48.2. The lowest BCUT2D eigenvalue weighted by Gasteiger charge is -2.37.